The molecule has 0 amide bonds. The molecule has 0 bridgehead atoms. The number of carbonyl (C=O) groups excluding carboxylic acids is 1. The molecule has 0 atom stereocenters. The number of aryl methyl sites for hydroxylation is 1. The second kappa shape index (κ2) is 9.69. The fourth-order valence-electron chi connectivity index (χ4n) is 4.05. The van der Waals surface area contributed by atoms with Gasteiger partial charge in [-0.25, -0.2) is 4.79 Å². The van der Waals surface area contributed by atoms with Crippen LogP contribution in [0.3, 0.4) is 0 Å². The quantitative estimate of drug-likeness (QED) is 0.234. The van der Waals surface area contributed by atoms with E-state index in [1.165, 1.54) is 5.56 Å². The van der Waals surface area contributed by atoms with Gasteiger partial charge in [0.25, 0.3) is 0 Å². The van der Waals surface area contributed by atoms with E-state index in [4.69, 9.17) is 9.57 Å². The van der Waals surface area contributed by atoms with Crippen LogP contribution < -0.4 is 9.64 Å². The molecule has 0 saturated heterocycles. The molecular weight excluding hydrogens is 436 g/mol. The number of nitrogens with zero attached hydrogens (tertiary/aromatic N) is 2. The molecule has 0 spiro atoms. The van der Waals surface area contributed by atoms with Crippen molar-refractivity contribution >= 4 is 34.8 Å². The molecule has 0 radical (unpaired) electrons. The zero-order chi connectivity index (χ0) is 24.2. The lowest BCUT2D eigenvalue weighted by molar-refractivity contribution is -0.136. The van der Waals surface area contributed by atoms with Crippen LogP contribution in [-0.4, -0.2) is 18.8 Å². The van der Waals surface area contributed by atoms with Crippen molar-refractivity contribution < 1.29 is 14.4 Å². The first-order valence-electron chi connectivity index (χ1n) is 11.3. The Hall–Kier alpha value is -4.64. The van der Waals surface area contributed by atoms with Gasteiger partial charge in [0.15, 0.2) is 0 Å². The molecule has 0 N–H and O–H groups in total. The summed E-state index contributed by atoms with van der Waals surface area (Å²) >= 11 is 0. The average Bonchev–Trinajstić information content (AvgIpc) is 3.26. The highest BCUT2D eigenvalue weighted by Crippen LogP contribution is 2.36. The Labute approximate surface area is 204 Å². The largest absolute Gasteiger partial charge is 0.497 e. The number of methoxy groups -OCH3 is 1. The van der Waals surface area contributed by atoms with E-state index >= 15 is 0 Å². The fourth-order valence-corrected chi connectivity index (χ4v) is 4.05. The first-order chi connectivity index (χ1) is 17.1. The first kappa shape index (κ1) is 22.2. The highest BCUT2D eigenvalue weighted by atomic mass is 16.7. The van der Waals surface area contributed by atoms with Gasteiger partial charge in [0, 0.05) is 22.6 Å². The lowest BCUT2D eigenvalue weighted by atomic mass is 10.0. The minimum atomic E-state index is -0.451. The van der Waals surface area contributed by atoms with E-state index < -0.39 is 5.97 Å². The normalized spacial score (nSPS) is 13.9. The lowest BCUT2D eigenvalue weighted by Gasteiger charge is -2.26. The van der Waals surface area contributed by atoms with Crippen LogP contribution in [-0.2, 0) is 9.63 Å². The van der Waals surface area contributed by atoms with E-state index in [-0.39, 0.29) is 0 Å². The second-order valence-electron chi connectivity index (χ2n) is 8.21. The molecule has 35 heavy (non-hydrogen) atoms. The number of ether oxygens (including phenoxy) is 1. The summed E-state index contributed by atoms with van der Waals surface area (Å²) in [7, 11) is 1.66. The molecular formula is C30H24N2O3. The van der Waals surface area contributed by atoms with Gasteiger partial charge in [0.2, 0.25) is 0 Å². The van der Waals surface area contributed by atoms with Crippen LogP contribution in [0.25, 0.3) is 6.08 Å². The summed E-state index contributed by atoms with van der Waals surface area (Å²) in [5, 5.41) is 3.99. The first-order valence-corrected chi connectivity index (χ1v) is 11.3. The minimum absolute atomic E-state index is 0.439. The summed E-state index contributed by atoms with van der Waals surface area (Å²) in [4.78, 5) is 19.5. The van der Waals surface area contributed by atoms with Gasteiger partial charge in [-0.05, 0) is 72.7 Å². The van der Waals surface area contributed by atoms with Crippen molar-refractivity contribution in [1.29, 1.82) is 0 Å². The van der Waals surface area contributed by atoms with Gasteiger partial charge in [-0.3, -0.25) is 0 Å². The van der Waals surface area contributed by atoms with Crippen LogP contribution in [0.4, 0.5) is 17.1 Å². The number of anilines is 3. The highest BCUT2D eigenvalue weighted by molar-refractivity contribution is 6.31. The standard InChI is InChI=1S/C30H24N2O3/c1-21-7-6-10-26(19-21)32(25-15-17-27(34-2)18-16-25)24-13-11-22(12-14-24)20-28-29(31-35-30(28)33)23-8-4-3-5-9-23/h3-20H,1-2H3. The number of hydrogen-bond donors (Lipinski definition) is 0. The molecule has 5 nitrogen and oxygen atoms in total. The zero-order valence-electron chi connectivity index (χ0n) is 19.5. The van der Waals surface area contributed by atoms with Crippen LogP contribution in [0, 0.1) is 6.92 Å². The van der Waals surface area contributed by atoms with Crippen molar-refractivity contribution in [2.45, 2.75) is 6.92 Å². The smallest absolute Gasteiger partial charge is 0.368 e. The highest BCUT2D eigenvalue weighted by Gasteiger charge is 2.26. The van der Waals surface area contributed by atoms with Gasteiger partial charge in [-0.1, -0.05) is 59.8 Å². The van der Waals surface area contributed by atoms with Crippen molar-refractivity contribution in [2.75, 3.05) is 12.0 Å². The Kier molecular flexibility index (Phi) is 6.14. The third-order valence-corrected chi connectivity index (χ3v) is 5.79. The monoisotopic (exact) mass is 460 g/mol. The average molecular weight is 461 g/mol. The molecule has 0 unspecified atom stereocenters. The molecule has 4 aromatic rings. The van der Waals surface area contributed by atoms with Gasteiger partial charge in [0.1, 0.15) is 11.5 Å². The Morgan fingerprint density at radius 2 is 1.49 bits per heavy atom. The number of benzene rings is 4. The van der Waals surface area contributed by atoms with Crippen molar-refractivity contribution in [2.24, 2.45) is 5.16 Å². The molecule has 0 aliphatic carbocycles. The molecule has 0 fully saturated rings. The Morgan fingerprint density at radius 1 is 0.800 bits per heavy atom. The van der Waals surface area contributed by atoms with E-state index in [1.807, 2.05) is 84.9 Å². The number of hydrogen-bond acceptors (Lipinski definition) is 5. The molecule has 4 aromatic carbocycles. The van der Waals surface area contributed by atoms with Crippen LogP contribution in [0.5, 0.6) is 5.75 Å². The van der Waals surface area contributed by atoms with Crippen LogP contribution in [0.15, 0.2) is 114 Å². The van der Waals surface area contributed by atoms with Crippen molar-refractivity contribution in [3.05, 3.63) is 125 Å². The van der Waals surface area contributed by atoms with Gasteiger partial charge in [-0.15, -0.1) is 0 Å². The molecule has 172 valence electrons. The predicted molar refractivity (Wildman–Crippen MR) is 139 cm³/mol. The maximum absolute atomic E-state index is 12.4. The van der Waals surface area contributed by atoms with Crippen molar-refractivity contribution in [3.63, 3.8) is 0 Å². The van der Waals surface area contributed by atoms with E-state index in [0.717, 1.165) is 33.9 Å². The molecule has 1 aliphatic heterocycles. The van der Waals surface area contributed by atoms with Crippen molar-refractivity contribution in [3.8, 4) is 5.75 Å². The molecule has 0 saturated carbocycles. The maximum atomic E-state index is 12.4. The third kappa shape index (κ3) is 4.70. The Morgan fingerprint density at radius 3 is 2.14 bits per heavy atom. The van der Waals surface area contributed by atoms with Gasteiger partial charge in [0.05, 0.1) is 12.7 Å². The molecule has 5 rings (SSSR count). The summed E-state index contributed by atoms with van der Waals surface area (Å²) in [5.74, 6) is 0.354. The van der Waals surface area contributed by atoms with E-state index in [1.54, 1.807) is 7.11 Å². The molecule has 1 heterocycles. The number of rotatable bonds is 6. The van der Waals surface area contributed by atoms with Gasteiger partial charge >= 0.3 is 5.97 Å². The summed E-state index contributed by atoms with van der Waals surface area (Å²) in [6.45, 7) is 2.08. The summed E-state index contributed by atoms with van der Waals surface area (Å²) in [6, 6.07) is 34.0. The summed E-state index contributed by atoms with van der Waals surface area (Å²) in [6.07, 6.45) is 1.81. The Bertz CT molecular complexity index is 1410. The third-order valence-electron chi connectivity index (χ3n) is 5.79. The molecule has 1 aliphatic rings. The molecule has 5 heteroatoms. The fraction of sp³-hybridized carbons (Fsp3) is 0.0667. The number of oxime groups is 1. The minimum Gasteiger partial charge on any atom is -0.497 e. The summed E-state index contributed by atoms with van der Waals surface area (Å²) in [5.41, 5.74) is 6.94. The second-order valence-corrected chi connectivity index (χ2v) is 8.21. The lowest BCUT2D eigenvalue weighted by Crippen LogP contribution is -2.10. The van der Waals surface area contributed by atoms with Crippen LogP contribution >= 0.6 is 0 Å². The Balaban J connectivity index is 1.50. The number of carbonyl (C=O) groups is 1. The van der Waals surface area contributed by atoms with E-state index in [2.05, 4.69) is 41.2 Å². The van der Waals surface area contributed by atoms with Gasteiger partial charge < -0.3 is 14.5 Å². The van der Waals surface area contributed by atoms with Crippen LogP contribution in [0.2, 0.25) is 0 Å². The van der Waals surface area contributed by atoms with E-state index in [9.17, 15) is 4.79 Å². The van der Waals surface area contributed by atoms with Crippen molar-refractivity contribution in [1.82, 2.24) is 0 Å². The van der Waals surface area contributed by atoms with E-state index in [0.29, 0.717) is 11.3 Å². The topological polar surface area (TPSA) is 51.1 Å². The predicted octanol–water partition coefficient (Wildman–Crippen LogP) is 6.82. The van der Waals surface area contributed by atoms with Gasteiger partial charge in [-0.2, -0.15) is 0 Å². The SMILES string of the molecule is COc1ccc(N(c2ccc(C=C3C(=O)ON=C3c3ccccc3)cc2)c2cccc(C)c2)cc1. The summed E-state index contributed by atoms with van der Waals surface area (Å²) < 4.78 is 5.34. The maximum Gasteiger partial charge on any atom is 0.368 e. The van der Waals surface area contributed by atoms with Crippen LogP contribution in [0.1, 0.15) is 16.7 Å². The molecule has 0 aromatic heterocycles. The zero-order valence-corrected chi connectivity index (χ0v) is 19.5.